The molecule has 0 aromatic heterocycles. The maximum atomic E-state index is 12.6. The molecule has 0 spiro atoms. The summed E-state index contributed by atoms with van der Waals surface area (Å²) in [6.07, 6.45) is 4.34. The van der Waals surface area contributed by atoms with E-state index in [1.807, 2.05) is 0 Å². The molecule has 0 radical (unpaired) electrons. The van der Waals surface area contributed by atoms with Crippen molar-refractivity contribution in [1.82, 2.24) is 10.2 Å². The number of nitrogens with one attached hydrogen (secondary N) is 1. The first-order valence-corrected chi connectivity index (χ1v) is 8.75. The third-order valence-corrected chi connectivity index (χ3v) is 4.81. The van der Waals surface area contributed by atoms with E-state index in [0.717, 1.165) is 25.7 Å². The topological polar surface area (TPSA) is 75.7 Å². The number of hydrogen-bond acceptors (Lipinski definition) is 4. The normalized spacial score (nSPS) is 17.9. The highest BCUT2D eigenvalue weighted by Crippen LogP contribution is 2.29. The summed E-state index contributed by atoms with van der Waals surface area (Å²) in [6, 6.07) is 7.04. The van der Waals surface area contributed by atoms with E-state index in [9.17, 15) is 14.4 Å². The van der Waals surface area contributed by atoms with Crippen LogP contribution in [0.2, 0.25) is 0 Å². The van der Waals surface area contributed by atoms with Gasteiger partial charge in [-0.2, -0.15) is 0 Å². The molecule has 0 unspecified atom stereocenters. The SMILES string of the molecule is CC(C)(COCC(=O)NC1CCCC1)N1C(=O)c2ccccc2C1=O. The minimum Gasteiger partial charge on any atom is -0.369 e. The molecule has 6 nitrogen and oxygen atoms in total. The molecule has 1 aliphatic carbocycles. The van der Waals surface area contributed by atoms with Crippen LogP contribution in [0.1, 0.15) is 60.2 Å². The predicted molar refractivity (Wildman–Crippen MR) is 92.2 cm³/mol. The van der Waals surface area contributed by atoms with Crippen LogP contribution < -0.4 is 5.32 Å². The number of benzene rings is 1. The number of amides is 3. The fourth-order valence-electron chi connectivity index (χ4n) is 3.54. The van der Waals surface area contributed by atoms with E-state index in [4.69, 9.17) is 4.74 Å². The maximum Gasteiger partial charge on any atom is 0.262 e. The summed E-state index contributed by atoms with van der Waals surface area (Å²) in [7, 11) is 0. The second-order valence-electron chi connectivity index (χ2n) is 7.35. The molecule has 0 saturated heterocycles. The van der Waals surface area contributed by atoms with Gasteiger partial charge in [-0.1, -0.05) is 25.0 Å². The Bertz CT molecular complexity index is 657. The molecule has 3 amide bonds. The summed E-state index contributed by atoms with van der Waals surface area (Å²) < 4.78 is 5.52. The molecule has 3 rings (SSSR count). The van der Waals surface area contributed by atoms with Crippen LogP contribution in [0.3, 0.4) is 0 Å². The lowest BCUT2D eigenvalue weighted by atomic mass is 10.0. The molecule has 1 N–H and O–H groups in total. The van der Waals surface area contributed by atoms with Gasteiger partial charge in [-0.15, -0.1) is 0 Å². The number of carbonyl (C=O) groups is 3. The van der Waals surface area contributed by atoms with Crippen molar-refractivity contribution in [3.05, 3.63) is 35.4 Å². The van der Waals surface area contributed by atoms with Crippen LogP contribution in [-0.2, 0) is 9.53 Å². The highest BCUT2D eigenvalue weighted by Gasteiger charge is 2.44. The average Bonchev–Trinajstić information content (AvgIpc) is 3.15. The van der Waals surface area contributed by atoms with Crippen LogP contribution >= 0.6 is 0 Å². The number of imide groups is 1. The Balaban J connectivity index is 1.56. The van der Waals surface area contributed by atoms with Gasteiger partial charge in [0.05, 0.1) is 23.3 Å². The van der Waals surface area contributed by atoms with E-state index in [2.05, 4.69) is 5.32 Å². The second-order valence-corrected chi connectivity index (χ2v) is 7.35. The van der Waals surface area contributed by atoms with Crippen molar-refractivity contribution in [3.63, 3.8) is 0 Å². The smallest absolute Gasteiger partial charge is 0.262 e. The van der Waals surface area contributed by atoms with E-state index < -0.39 is 5.54 Å². The average molecular weight is 344 g/mol. The second kappa shape index (κ2) is 6.96. The summed E-state index contributed by atoms with van der Waals surface area (Å²) in [5, 5.41) is 2.95. The van der Waals surface area contributed by atoms with Gasteiger partial charge < -0.3 is 10.1 Å². The van der Waals surface area contributed by atoms with E-state index >= 15 is 0 Å². The lowest BCUT2D eigenvalue weighted by Crippen LogP contribution is -2.51. The highest BCUT2D eigenvalue weighted by molar-refractivity contribution is 6.21. The van der Waals surface area contributed by atoms with Gasteiger partial charge in [0.15, 0.2) is 0 Å². The van der Waals surface area contributed by atoms with E-state index in [1.54, 1.807) is 38.1 Å². The molecule has 6 heteroatoms. The molecule has 1 saturated carbocycles. The van der Waals surface area contributed by atoms with Gasteiger partial charge in [0, 0.05) is 6.04 Å². The Labute approximate surface area is 147 Å². The molecule has 1 fully saturated rings. The van der Waals surface area contributed by atoms with Gasteiger partial charge in [0.2, 0.25) is 5.91 Å². The van der Waals surface area contributed by atoms with Gasteiger partial charge in [-0.05, 0) is 38.8 Å². The Morgan fingerprint density at radius 2 is 1.72 bits per heavy atom. The molecule has 25 heavy (non-hydrogen) atoms. The monoisotopic (exact) mass is 344 g/mol. The summed E-state index contributed by atoms with van der Waals surface area (Å²) >= 11 is 0. The van der Waals surface area contributed by atoms with E-state index in [1.165, 1.54) is 4.90 Å². The predicted octanol–water partition coefficient (Wildman–Crippen LogP) is 2.14. The summed E-state index contributed by atoms with van der Waals surface area (Å²) in [5.74, 6) is -0.778. The number of ether oxygens (including phenoxy) is 1. The fourth-order valence-corrected chi connectivity index (χ4v) is 3.54. The summed E-state index contributed by atoms with van der Waals surface area (Å²) in [4.78, 5) is 38.3. The van der Waals surface area contributed by atoms with E-state index in [0.29, 0.717) is 11.1 Å². The van der Waals surface area contributed by atoms with Crippen LogP contribution in [0.4, 0.5) is 0 Å². The van der Waals surface area contributed by atoms with Crippen molar-refractivity contribution < 1.29 is 19.1 Å². The summed E-state index contributed by atoms with van der Waals surface area (Å²) in [6.45, 7) is 3.58. The molecule has 1 aromatic carbocycles. The Morgan fingerprint density at radius 1 is 1.16 bits per heavy atom. The standard InChI is InChI=1S/C19H24N2O4/c1-19(2,12-25-11-16(22)20-13-7-3-4-8-13)21-17(23)14-9-5-6-10-15(14)18(21)24/h5-6,9-10,13H,3-4,7-8,11-12H2,1-2H3,(H,20,22). The van der Waals surface area contributed by atoms with Crippen molar-refractivity contribution >= 4 is 17.7 Å². The number of nitrogens with zero attached hydrogens (tertiary/aromatic N) is 1. The van der Waals surface area contributed by atoms with Crippen molar-refractivity contribution in [2.45, 2.75) is 51.1 Å². The first-order valence-electron chi connectivity index (χ1n) is 8.75. The molecule has 0 atom stereocenters. The maximum absolute atomic E-state index is 12.6. The molecular weight excluding hydrogens is 320 g/mol. The number of hydrogen-bond donors (Lipinski definition) is 1. The lowest BCUT2D eigenvalue weighted by molar-refractivity contribution is -0.127. The molecule has 2 aliphatic rings. The van der Waals surface area contributed by atoms with Crippen LogP contribution in [0, 0.1) is 0 Å². The Morgan fingerprint density at radius 3 is 2.28 bits per heavy atom. The third kappa shape index (κ3) is 3.58. The van der Waals surface area contributed by atoms with Crippen molar-refractivity contribution in [3.8, 4) is 0 Å². The quantitative estimate of drug-likeness (QED) is 0.802. The van der Waals surface area contributed by atoms with Crippen LogP contribution in [-0.4, -0.2) is 47.4 Å². The minimum absolute atomic E-state index is 0.0664. The molecule has 1 aliphatic heterocycles. The number of carbonyl (C=O) groups excluding carboxylic acids is 3. The van der Waals surface area contributed by atoms with Gasteiger partial charge >= 0.3 is 0 Å². The third-order valence-electron chi connectivity index (χ3n) is 4.81. The molecule has 0 bridgehead atoms. The first-order chi connectivity index (χ1) is 11.9. The summed E-state index contributed by atoms with van der Waals surface area (Å²) in [5.41, 5.74) is -0.0000120. The van der Waals surface area contributed by atoms with Gasteiger partial charge in [-0.25, -0.2) is 0 Å². The zero-order valence-electron chi connectivity index (χ0n) is 14.7. The van der Waals surface area contributed by atoms with Crippen LogP contribution in [0.25, 0.3) is 0 Å². The van der Waals surface area contributed by atoms with Crippen LogP contribution in [0.5, 0.6) is 0 Å². The van der Waals surface area contributed by atoms with E-state index in [-0.39, 0.29) is 37.0 Å². The fraction of sp³-hybridized carbons (Fsp3) is 0.526. The largest absolute Gasteiger partial charge is 0.369 e. The number of rotatable bonds is 6. The van der Waals surface area contributed by atoms with Crippen molar-refractivity contribution in [1.29, 1.82) is 0 Å². The lowest BCUT2D eigenvalue weighted by Gasteiger charge is -2.33. The van der Waals surface area contributed by atoms with Crippen molar-refractivity contribution in [2.24, 2.45) is 0 Å². The van der Waals surface area contributed by atoms with Gasteiger partial charge in [-0.3, -0.25) is 19.3 Å². The molecular formula is C19H24N2O4. The molecule has 1 heterocycles. The van der Waals surface area contributed by atoms with Gasteiger partial charge in [0.25, 0.3) is 11.8 Å². The number of fused-ring (bicyclic) bond motifs is 1. The highest BCUT2D eigenvalue weighted by atomic mass is 16.5. The Kier molecular flexibility index (Phi) is 4.90. The zero-order valence-corrected chi connectivity index (χ0v) is 14.7. The zero-order chi connectivity index (χ0) is 18.0. The molecule has 134 valence electrons. The van der Waals surface area contributed by atoms with Crippen molar-refractivity contribution in [2.75, 3.05) is 13.2 Å². The first kappa shape index (κ1) is 17.6. The van der Waals surface area contributed by atoms with Crippen LogP contribution in [0.15, 0.2) is 24.3 Å². The van der Waals surface area contributed by atoms with Gasteiger partial charge in [0.1, 0.15) is 6.61 Å². The molecule has 1 aromatic rings. The Hall–Kier alpha value is -2.21. The minimum atomic E-state index is -0.833.